The van der Waals surface area contributed by atoms with E-state index in [-0.39, 0.29) is 0 Å². The molecule has 0 spiro atoms. The fourth-order valence-corrected chi connectivity index (χ4v) is 3.63. The van der Waals surface area contributed by atoms with Crippen LogP contribution in [-0.2, 0) is 0 Å². The Bertz CT molecular complexity index is 860. The van der Waals surface area contributed by atoms with Crippen molar-refractivity contribution in [3.8, 4) is 39.6 Å². The van der Waals surface area contributed by atoms with Gasteiger partial charge in [0.25, 0.3) is 0 Å². The lowest BCUT2D eigenvalue weighted by Gasteiger charge is -2.14. The summed E-state index contributed by atoms with van der Waals surface area (Å²) >= 11 is 1.44. The van der Waals surface area contributed by atoms with Gasteiger partial charge in [0, 0.05) is 16.5 Å². The third kappa shape index (κ3) is 3.40. The molecular weight excluding hydrogens is 346 g/mol. The standard InChI is InChI=1S/C21H23NO3S/c1-13(2)14-6-8-15(9-7-14)17-12-26-22-20(17)16-10-18(23-3)21(25-5)19(11-16)24-4/h6-13H,1-5H3. The van der Waals surface area contributed by atoms with E-state index in [1.54, 1.807) is 21.3 Å². The molecule has 0 unspecified atom stereocenters. The molecule has 5 heteroatoms. The van der Waals surface area contributed by atoms with E-state index < -0.39 is 0 Å². The van der Waals surface area contributed by atoms with Crippen molar-refractivity contribution in [3.63, 3.8) is 0 Å². The maximum atomic E-state index is 5.48. The van der Waals surface area contributed by atoms with Crippen molar-refractivity contribution < 1.29 is 14.2 Å². The third-order valence-electron chi connectivity index (χ3n) is 4.40. The zero-order chi connectivity index (χ0) is 18.7. The second kappa shape index (κ2) is 7.79. The minimum atomic E-state index is 0.513. The minimum absolute atomic E-state index is 0.513. The Hall–Kier alpha value is -2.53. The summed E-state index contributed by atoms with van der Waals surface area (Å²) in [6.45, 7) is 4.39. The molecule has 0 N–H and O–H groups in total. The molecule has 0 aliphatic heterocycles. The van der Waals surface area contributed by atoms with Gasteiger partial charge in [-0.2, -0.15) is 4.37 Å². The number of hydrogen-bond donors (Lipinski definition) is 0. The molecule has 3 rings (SSSR count). The molecule has 0 radical (unpaired) electrons. The Balaban J connectivity index is 2.08. The quantitative estimate of drug-likeness (QED) is 0.565. The molecule has 0 aliphatic carbocycles. The molecule has 0 saturated carbocycles. The smallest absolute Gasteiger partial charge is 0.203 e. The molecular formula is C21H23NO3S. The summed E-state index contributed by atoms with van der Waals surface area (Å²) in [6, 6.07) is 12.5. The Morgan fingerprint density at radius 2 is 1.46 bits per heavy atom. The van der Waals surface area contributed by atoms with Crippen molar-refractivity contribution in [3.05, 3.63) is 47.3 Å². The number of ether oxygens (including phenoxy) is 3. The highest BCUT2D eigenvalue weighted by Crippen LogP contribution is 2.43. The van der Waals surface area contributed by atoms with Gasteiger partial charge < -0.3 is 14.2 Å². The summed E-state index contributed by atoms with van der Waals surface area (Å²) in [4.78, 5) is 0. The molecule has 0 saturated heterocycles. The number of aromatic nitrogens is 1. The van der Waals surface area contributed by atoms with Gasteiger partial charge in [-0.25, -0.2) is 0 Å². The SMILES string of the molecule is COc1cc(-c2nscc2-c2ccc(C(C)C)cc2)cc(OC)c1OC. The first-order chi connectivity index (χ1) is 12.6. The van der Waals surface area contributed by atoms with Crippen molar-refractivity contribution in [1.29, 1.82) is 0 Å². The summed E-state index contributed by atoms with van der Waals surface area (Å²) in [7, 11) is 4.84. The average Bonchev–Trinajstić information content (AvgIpc) is 3.16. The van der Waals surface area contributed by atoms with E-state index in [4.69, 9.17) is 14.2 Å². The van der Waals surface area contributed by atoms with Crippen LogP contribution in [0.2, 0.25) is 0 Å². The van der Waals surface area contributed by atoms with Gasteiger partial charge in [0.2, 0.25) is 5.75 Å². The molecule has 26 heavy (non-hydrogen) atoms. The predicted molar refractivity (Wildman–Crippen MR) is 107 cm³/mol. The largest absolute Gasteiger partial charge is 0.493 e. The minimum Gasteiger partial charge on any atom is -0.493 e. The average molecular weight is 369 g/mol. The van der Waals surface area contributed by atoms with Gasteiger partial charge in [-0.15, -0.1) is 0 Å². The molecule has 0 fully saturated rings. The highest BCUT2D eigenvalue weighted by atomic mass is 32.1. The van der Waals surface area contributed by atoms with Crippen molar-refractivity contribution in [1.82, 2.24) is 4.37 Å². The van der Waals surface area contributed by atoms with Gasteiger partial charge in [-0.05, 0) is 40.7 Å². The van der Waals surface area contributed by atoms with Crippen LogP contribution in [0.4, 0.5) is 0 Å². The summed E-state index contributed by atoms with van der Waals surface area (Å²) in [5, 5.41) is 2.07. The van der Waals surface area contributed by atoms with Crippen LogP contribution in [0.5, 0.6) is 17.2 Å². The van der Waals surface area contributed by atoms with E-state index in [1.165, 1.54) is 17.1 Å². The van der Waals surface area contributed by atoms with E-state index in [2.05, 4.69) is 47.9 Å². The predicted octanol–water partition coefficient (Wildman–Crippen LogP) is 5.63. The summed E-state index contributed by atoms with van der Waals surface area (Å²) in [6.07, 6.45) is 0. The number of nitrogens with zero attached hydrogens (tertiary/aromatic N) is 1. The lowest BCUT2D eigenvalue weighted by molar-refractivity contribution is 0.324. The van der Waals surface area contributed by atoms with Crippen molar-refractivity contribution in [2.24, 2.45) is 0 Å². The number of hydrogen-bond acceptors (Lipinski definition) is 5. The van der Waals surface area contributed by atoms with Crippen molar-refractivity contribution >= 4 is 11.5 Å². The van der Waals surface area contributed by atoms with E-state index in [0.29, 0.717) is 23.2 Å². The fourth-order valence-electron chi connectivity index (χ4n) is 2.92. The first-order valence-electron chi connectivity index (χ1n) is 8.44. The first kappa shape index (κ1) is 18.3. The summed E-state index contributed by atoms with van der Waals surface area (Å²) < 4.78 is 21.0. The van der Waals surface area contributed by atoms with Crippen LogP contribution >= 0.6 is 11.5 Å². The van der Waals surface area contributed by atoms with Crippen LogP contribution in [0.25, 0.3) is 22.4 Å². The Morgan fingerprint density at radius 1 is 0.846 bits per heavy atom. The maximum absolute atomic E-state index is 5.48. The molecule has 136 valence electrons. The summed E-state index contributed by atoms with van der Waals surface area (Å²) in [5.41, 5.74) is 5.41. The fraction of sp³-hybridized carbons (Fsp3) is 0.286. The number of rotatable bonds is 6. The highest BCUT2D eigenvalue weighted by Gasteiger charge is 2.18. The van der Waals surface area contributed by atoms with Gasteiger partial charge in [0.05, 0.1) is 27.0 Å². The normalized spacial score (nSPS) is 10.8. The molecule has 3 aromatic rings. The van der Waals surface area contributed by atoms with Crippen molar-refractivity contribution in [2.75, 3.05) is 21.3 Å². The molecule has 0 amide bonds. The second-order valence-corrected chi connectivity index (χ2v) is 6.90. The molecule has 0 atom stereocenters. The first-order valence-corrected chi connectivity index (χ1v) is 9.27. The molecule has 0 bridgehead atoms. The van der Waals surface area contributed by atoms with Crippen LogP contribution in [0.15, 0.2) is 41.8 Å². The zero-order valence-corrected chi connectivity index (χ0v) is 16.5. The highest BCUT2D eigenvalue weighted by molar-refractivity contribution is 7.04. The monoisotopic (exact) mass is 369 g/mol. The molecule has 0 aliphatic rings. The van der Waals surface area contributed by atoms with E-state index in [1.807, 2.05) is 12.1 Å². The number of methoxy groups -OCH3 is 3. The van der Waals surface area contributed by atoms with Gasteiger partial charge in [-0.3, -0.25) is 0 Å². The Labute approximate surface area is 158 Å². The van der Waals surface area contributed by atoms with Crippen molar-refractivity contribution in [2.45, 2.75) is 19.8 Å². The van der Waals surface area contributed by atoms with Crippen LogP contribution in [-0.4, -0.2) is 25.7 Å². The topological polar surface area (TPSA) is 40.6 Å². The van der Waals surface area contributed by atoms with Crippen LogP contribution in [0.1, 0.15) is 25.3 Å². The molecule has 1 aromatic heterocycles. The lowest BCUT2D eigenvalue weighted by Crippen LogP contribution is -1.96. The lowest BCUT2D eigenvalue weighted by atomic mass is 9.97. The molecule has 2 aromatic carbocycles. The molecule has 1 heterocycles. The molecule has 4 nitrogen and oxygen atoms in total. The van der Waals surface area contributed by atoms with Gasteiger partial charge >= 0.3 is 0 Å². The number of benzene rings is 2. The van der Waals surface area contributed by atoms with Gasteiger partial charge in [0.15, 0.2) is 11.5 Å². The van der Waals surface area contributed by atoms with E-state index in [0.717, 1.165) is 22.4 Å². The van der Waals surface area contributed by atoms with Crippen LogP contribution in [0.3, 0.4) is 0 Å². The van der Waals surface area contributed by atoms with Crippen LogP contribution in [0, 0.1) is 0 Å². The maximum Gasteiger partial charge on any atom is 0.203 e. The Morgan fingerprint density at radius 3 is 1.96 bits per heavy atom. The Kier molecular flexibility index (Phi) is 5.47. The van der Waals surface area contributed by atoms with E-state index >= 15 is 0 Å². The van der Waals surface area contributed by atoms with Gasteiger partial charge in [0.1, 0.15) is 0 Å². The van der Waals surface area contributed by atoms with E-state index in [9.17, 15) is 0 Å². The zero-order valence-electron chi connectivity index (χ0n) is 15.7. The summed E-state index contributed by atoms with van der Waals surface area (Å²) in [5.74, 6) is 2.34. The van der Waals surface area contributed by atoms with Crippen LogP contribution < -0.4 is 14.2 Å². The third-order valence-corrected chi connectivity index (χ3v) is 5.03. The van der Waals surface area contributed by atoms with Gasteiger partial charge in [-0.1, -0.05) is 38.1 Å². The second-order valence-electron chi connectivity index (χ2n) is 6.27.